The zero-order chi connectivity index (χ0) is 12.4. The van der Waals surface area contributed by atoms with E-state index in [0.717, 1.165) is 24.2 Å². The SMILES string of the molecule is Cc1cc(-c2ccccc2)n(C2=CCCC=C2)n1. The van der Waals surface area contributed by atoms with Crippen molar-refractivity contribution in [2.75, 3.05) is 0 Å². The second kappa shape index (κ2) is 4.65. The first-order valence-electron chi connectivity index (χ1n) is 6.34. The molecule has 2 aromatic rings. The van der Waals surface area contributed by atoms with Gasteiger partial charge in [-0.05, 0) is 31.9 Å². The van der Waals surface area contributed by atoms with Gasteiger partial charge < -0.3 is 0 Å². The van der Waals surface area contributed by atoms with Gasteiger partial charge in [0.25, 0.3) is 0 Å². The van der Waals surface area contributed by atoms with E-state index in [4.69, 9.17) is 0 Å². The van der Waals surface area contributed by atoms with Crippen LogP contribution in [0.15, 0.2) is 54.6 Å². The van der Waals surface area contributed by atoms with Gasteiger partial charge in [-0.2, -0.15) is 5.10 Å². The lowest BCUT2D eigenvalue weighted by Crippen LogP contribution is -2.01. The molecule has 1 aliphatic rings. The molecule has 0 radical (unpaired) electrons. The van der Waals surface area contributed by atoms with Crippen molar-refractivity contribution in [3.63, 3.8) is 0 Å². The maximum atomic E-state index is 4.61. The molecule has 0 N–H and O–H groups in total. The van der Waals surface area contributed by atoms with Crippen LogP contribution in [0.25, 0.3) is 17.0 Å². The Morgan fingerprint density at radius 1 is 1.11 bits per heavy atom. The molecule has 0 bridgehead atoms. The van der Waals surface area contributed by atoms with Gasteiger partial charge in [0.1, 0.15) is 0 Å². The molecular weight excluding hydrogens is 220 g/mol. The summed E-state index contributed by atoms with van der Waals surface area (Å²) >= 11 is 0. The standard InChI is InChI=1S/C16H16N2/c1-13-12-16(14-8-4-2-5-9-14)18(17-13)15-10-6-3-7-11-15/h2,4-6,8-12H,3,7H2,1H3. The Bertz CT molecular complexity index is 603. The lowest BCUT2D eigenvalue weighted by Gasteiger charge is -2.11. The van der Waals surface area contributed by atoms with E-state index in [1.165, 1.54) is 11.3 Å². The van der Waals surface area contributed by atoms with Crippen molar-refractivity contribution in [2.24, 2.45) is 0 Å². The number of aromatic nitrogens is 2. The summed E-state index contributed by atoms with van der Waals surface area (Å²) in [4.78, 5) is 0. The van der Waals surface area contributed by atoms with Gasteiger partial charge in [0.2, 0.25) is 0 Å². The Hall–Kier alpha value is -2.09. The summed E-state index contributed by atoms with van der Waals surface area (Å²) in [5.41, 5.74) is 4.59. The van der Waals surface area contributed by atoms with Gasteiger partial charge in [-0.15, -0.1) is 0 Å². The molecule has 0 atom stereocenters. The van der Waals surface area contributed by atoms with Crippen molar-refractivity contribution < 1.29 is 0 Å². The first-order chi connectivity index (χ1) is 8.84. The van der Waals surface area contributed by atoms with Gasteiger partial charge in [-0.25, -0.2) is 4.68 Å². The van der Waals surface area contributed by atoms with Crippen LogP contribution >= 0.6 is 0 Å². The van der Waals surface area contributed by atoms with E-state index >= 15 is 0 Å². The normalized spacial score (nSPS) is 14.6. The number of aryl methyl sites for hydroxylation is 1. The van der Waals surface area contributed by atoms with Crippen LogP contribution in [0.5, 0.6) is 0 Å². The highest BCUT2D eigenvalue weighted by Gasteiger charge is 2.10. The lowest BCUT2D eigenvalue weighted by atomic mass is 10.1. The molecule has 0 unspecified atom stereocenters. The van der Waals surface area contributed by atoms with Crippen LogP contribution in [0, 0.1) is 6.92 Å². The summed E-state index contributed by atoms with van der Waals surface area (Å²) < 4.78 is 2.04. The van der Waals surface area contributed by atoms with E-state index in [-0.39, 0.29) is 0 Å². The molecule has 0 saturated heterocycles. The summed E-state index contributed by atoms with van der Waals surface area (Å²) in [7, 11) is 0. The number of allylic oxidation sites excluding steroid dienone is 4. The minimum atomic E-state index is 1.05. The average molecular weight is 236 g/mol. The van der Waals surface area contributed by atoms with Gasteiger partial charge in [0, 0.05) is 5.56 Å². The largest absolute Gasteiger partial charge is 0.233 e. The molecule has 1 aromatic heterocycles. The van der Waals surface area contributed by atoms with Crippen LogP contribution in [0.2, 0.25) is 0 Å². The minimum absolute atomic E-state index is 1.05. The molecule has 90 valence electrons. The third-order valence-corrected chi connectivity index (χ3v) is 3.12. The molecule has 0 aliphatic heterocycles. The average Bonchev–Trinajstić information content (AvgIpc) is 2.83. The highest BCUT2D eigenvalue weighted by atomic mass is 15.3. The maximum absolute atomic E-state index is 4.61. The molecule has 0 spiro atoms. The number of rotatable bonds is 2. The van der Waals surface area contributed by atoms with E-state index in [1.807, 2.05) is 17.7 Å². The molecule has 2 nitrogen and oxygen atoms in total. The first kappa shape index (κ1) is 11.0. The number of hydrogen-bond acceptors (Lipinski definition) is 1. The van der Waals surface area contributed by atoms with Crippen molar-refractivity contribution >= 4 is 5.70 Å². The van der Waals surface area contributed by atoms with E-state index in [1.54, 1.807) is 0 Å². The summed E-state index contributed by atoms with van der Waals surface area (Å²) in [5, 5.41) is 4.61. The number of benzene rings is 1. The van der Waals surface area contributed by atoms with Crippen LogP contribution in [-0.2, 0) is 0 Å². The molecule has 0 amide bonds. The molecule has 0 saturated carbocycles. The van der Waals surface area contributed by atoms with Gasteiger partial charge in [0.05, 0.1) is 17.1 Å². The minimum Gasteiger partial charge on any atom is -0.233 e. The van der Waals surface area contributed by atoms with Crippen molar-refractivity contribution in [3.05, 3.63) is 60.3 Å². The molecule has 3 rings (SSSR count). The molecule has 1 aromatic carbocycles. The smallest absolute Gasteiger partial charge is 0.0743 e. The van der Waals surface area contributed by atoms with E-state index in [0.29, 0.717) is 0 Å². The Labute approximate surface area is 107 Å². The van der Waals surface area contributed by atoms with E-state index in [2.05, 4.69) is 53.7 Å². The number of hydrogen-bond donors (Lipinski definition) is 0. The summed E-state index contributed by atoms with van der Waals surface area (Å²) in [6.45, 7) is 2.04. The zero-order valence-corrected chi connectivity index (χ0v) is 10.5. The van der Waals surface area contributed by atoms with E-state index in [9.17, 15) is 0 Å². The van der Waals surface area contributed by atoms with Crippen LogP contribution in [0.1, 0.15) is 18.5 Å². The van der Waals surface area contributed by atoms with Crippen LogP contribution in [0.3, 0.4) is 0 Å². The molecule has 1 aliphatic carbocycles. The Balaban J connectivity index is 2.11. The summed E-state index contributed by atoms with van der Waals surface area (Å²) in [6, 6.07) is 12.6. The van der Waals surface area contributed by atoms with Crippen molar-refractivity contribution in [1.29, 1.82) is 0 Å². The number of nitrogens with zero attached hydrogens (tertiary/aromatic N) is 2. The maximum Gasteiger partial charge on any atom is 0.0743 e. The van der Waals surface area contributed by atoms with Gasteiger partial charge in [-0.3, -0.25) is 0 Å². The Morgan fingerprint density at radius 3 is 2.67 bits per heavy atom. The zero-order valence-electron chi connectivity index (χ0n) is 10.5. The van der Waals surface area contributed by atoms with Crippen molar-refractivity contribution in [3.8, 4) is 11.3 Å². The van der Waals surface area contributed by atoms with E-state index < -0.39 is 0 Å². The van der Waals surface area contributed by atoms with Crippen LogP contribution in [0.4, 0.5) is 0 Å². The molecular formula is C16H16N2. The predicted octanol–water partition coefficient (Wildman–Crippen LogP) is 4.05. The fourth-order valence-electron chi connectivity index (χ4n) is 2.27. The highest BCUT2D eigenvalue weighted by molar-refractivity contribution is 5.69. The predicted molar refractivity (Wildman–Crippen MR) is 75.0 cm³/mol. The quantitative estimate of drug-likeness (QED) is 0.769. The molecule has 1 heterocycles. The van der Waals surface area contributed by atoms with Crippen molar-refractivity contribution in [1.82, 2.24) is 9.78 Å². The molecule has 18 heavy (non-hydrogen) atoms. The lowest BCUT2D eigenvalue weighted by molar-refractivity contribution is 0.878. The first-order valence-corrected chi connectivity index (χ1v) is 6.34. The Morgan fingerprint density at radius 2 is 1.94 bits per heavy atom. The highest BCUT2D eigenvalue weighted by Crippen LogP contribution is 2.25. The van der Waals surface area contributed by atoms with Gasteiger partial charge in [-0.1, -0.05) is 42.5 Å². The Kier molecular flexibility index (Phi) is 2.85. The molecule has 0 fully saturated rings. The summed E-state index contributed by atoms with van der Waals surface area (Å²) in [6.07, 6.45) is 8.84. The fourth-order valence-corrected chi connectivity index (χ4v) is 2.27. The van der Waals surface area contributed by atoms with Gasteiger partial charge >= 0.3 is 0 Å². The second-order valence-electron chi connectivity index (χ2n) is 4.56. The van der Waals surface area contributed by atoms with Gasteiger partial charge in [0.15, 0.2) is 0 Å². The van der Waals surface area contributed by atoms with Crippen LogP contribution in [-0.4, -0.2) is 9.78 Å². The second-order valence-corrected chi connectivity index (χ2v) is 4.56. The fraction of sp³-hybridized carbons (Fsp3) is 0.188. The third-order valence-electron chi connectivity index (χ3n) is 3.12. The van der Waals surface area contributed by atoms with Crippen LogP contribution < -0.4 is 0 Å². The third kappa shape index (κ3) is 2.02. The monoisotopic (exact) mass is 236 g/mol. The molecule has 2 heteroatoms. The topological polar surface area (TPSA) is 17.8 Å². The van der Waals surface area contributed by atoms with Crippen molar-refractivity contribution in [2.45, 2.75) is 19.8 Å². The summed E-state index contributed by atoms with van der Waals surface area (Å²) in [5.74, 6) is 0.